The molecule has 0 saturated heterocycles. The van der Waals surface area contributed by atoms with Crippen molar-refractivity contribution >= 4 is 34.8 Å². The molecule has 2 aromatic rings. The summed E-state index contributed by atoms with van der Waals surface area (Å²) in [7, 11) is 0. The first kappa shape index (κ1) is 18.0. The van der Waals surface area contributed by atoms with Crippen molar-refractivity contribution in [3.05, 3.63) is 58.6 Å². The normalized spacial score (nSPS) is 10.3. The maximum Gasteiger partial charge on any atom is 0.226 e. The van der Waals surface area contributed by atoms with Gasteiger partial charge >= 0.3 is 0 Å². The van der Waals surface area contributed by atoms with Gasteiger partial charge in [-0.15, -0.1) is 0 Å². The minimum Gasteiger partial charge on any atom is -0.326 e. The summed E-state index contributed by atoms with van der Waals surface area (Å²) in [5, 5.41) is 3.43. The molecule has 0 saturated carbocycles. The zero-order chi connectivity index (χ0) is 17.7. The summed E-state index contributed by atoms with van der Waals surface area (Å²) < 4.78 is 0. The molecule has 2 rings (SSSR count). The Morgan fingerprint density at radius 2 is 1.75 bits per heavy atom. The number of amides is 2. The lowest BCUT2D eigenvalue weighted by Gasteiger charge is -2.21. The molecule has 24 heavy (non-hydrogen) atoms. The van der Waals surface area contributed by atoms with Crippen molar-refractivity contribution in [2.24, 2.45) is 0 Å². The third-order valence-corrected chi connectivity index (χ3v) is 4.15. The van der Waals surface area contributed by atoms with Crippen LogP contribution in [0.3, 0.4) is 0 Å². The van der Waals surface area contributed by atoms with E-state index in [0.29, 0.717) is 17.3 Å². The van der Waals surface area contributed by atoms with Crippen LogP contribution in [0.2, 0.25) is 5.02 Å². The second-order valence-electron chi connectivity index (χ2n) is 5.77. The highest BCUT2D eigenvalue weighted by atomic mass is 35.5. The number of aryl methyl sites for hydroxylation is 2. The fourth-order valence-corrected chi connectivity index (χ4v) is 2.47. The molecule has 0 aliphatic heterocycles. The van der Waals surface area contributed by atoms with Crippen LogP contribution < -0.4 is 10.2 Å². The number of hydrogen-bond acceptors (Lipinski definition) is 2. The maximum absolute atomic E-state index is 12.1. The average molecular weight is 345 g/mol. The third kappa shape index (κ3) is 4.83. The third-order valence-electron chi connectivity index (χ3n) is 3.74. The van der Waals surface area contributed by atoms with Crippen LogP contribution >= 0.6 is 11.6 Å². The Hall–Kier alpha value is -2.33. The molecular formula is C19H21ClN2O2. The first-order valence-electron chi connectivity index (χ1n) is 7.77. The van der Waals surface area contributed by atoms with E-state index < -0.39 is 0 Å². The molecule has 1 N–H and O–H groups in total. The standard InChI is InChI=1S/C19H21ClN2O2/c1-13-4-7-16(8-5-13)21-19(24)10-11-22(15(3)23)17-9-6-14(2)18(20)12-17/h4-9,12H,10-11H2,1-3H3,(H,21,24). The SMILES string of the molecule is CC(=O)N(CCC(=O)Nc1ccc(C)cc1)c1ccc(C)c(Cl)c1. The van der Waals surface area contributed by atoms with E-state index in [4.69, 9.17) is 11.6 Å². The molecule has 0 aliphatic carbocycles. The lowest BCUT2D eigenvalue weighted by atomic mass is 10.2. The van der Waals surface area contributed by atoms with Crippen molar-refractivity contribution < 1.29 is 9.59 Å². The fourth-order valence-electron chi connectivity index (χ4n) is 2.29. The fraction of sp³-hybridized carbons (Fsp3) is 0.263. The Kier molecular flexibility index (Phi) is 5.99. The van der Waals surface area contributed by atoms with Crippen LogP contribution in [-0.2, 0) is 9.59 Å². The quantitative estimate of drug-likeness (QED) is 0.877. The van der Waals surface area contributed by atoms with Crippen LogP contribution in [0.25, 0.3) is 0 Å². The molecule has 0 aromatic heterocycles. The molecule has 5 heteroatoms. The number of benzene rings is 2. The van der Waals surface area contributed by atoms with Crippen molar-refractivity contribution in [2.45, 2.75) is 27.2 Å². The summed E-state index contributed by atoms with van der Waals surface area (Å²) in [6, 6.07) is 13.0. The Morgan fingerprint density at radius 3 is 2.33 bits per heavy atom. The second kappa shape index (κ2) is 7.97. The van der Waals surface area contributed by atoms with Gasteiger partial charge in [-0.05, 0) is 43.7 Å². The Balaban J connectivity index is 2.00. The van der Waals surface area contributed by atoms with Crippen LogP contribution in [0.4, 0.5) is 11.4 Å². The van der Waals surface area contributed by atoms with Crippen LogP contribution in [0.1, 0.15) is 24.5 Å². The van der Waals surface area contributed by atoms with Gasteiger partial charge in [0.05, 0.1) is 0 Å². The molecule has 0 fully saturated rings. The van der Waals surface area contributed by atoms with Gasteiger partial charge in [0.1, 0.15) is 0 Å². The molecule has 0 heterocycles. The summed E-state index contributed by atoms with van der Waals surface area (Å²) in [6.45, 7) is 5.67. The van der Waals surface area contributed by atoms with Gasteiger partial charge in [-0.1, -0.05) is 35.4 Å². The lowest BCUT2D eigenvalue weighted by molar-refractivity contribution is -0.117. The van der Waals surface area contributed by atoms with Crippen molar-refractivity contribution in [3.63, 3.8) is 0 Å². The molecule has 0 atom stereocenters. The number of nitrogens with one attached hydrogen (secondary N) is 1. The maximum atomic E-state index is 12.1. The molecule has 2 aromatic carbocycles. The zero-order valence-corrected chi connectivity index (χ0v) is 14.9. The molecule has 0 aliphatic rings. The Bertz CT molecular complexity index is 742. The molecule has 0 radical (unpaired) electrons. The van der Waals surface area contributed by atoms with E-state index in [1.165, 1.54) is 6.92 Å². The number of carbonyl (C=O) groups is 2. The van der Waals surface area contributed by atoms with E-state index in [2.05, 4.69) is 5.32 Å². The number of carbonyl (C=O) groups excluding carboxylic acids is 2. The summed E-state index contributed by atoms with van der Waals surface area (Å²) in [6.07, 6.45) is 0.207. The van der Waals surface area contributed by atoms with Gasteiger partial charge in [0.2, 0.25) is 11.8 Å². The number of halogens is 1. The average Bonchev–Trinajstić information content (AvgIpc) is 2.53. The smallest absolute Gasteiger partial charge is 0.226 e. The Labute approximate surface area is 147 Å². The van der Waals surface area contributed by atoms with Crippen LogP contribution in [0.15, 0.2) is 42.5 Å². The zero-order valence-electron chi connectivity index (χ0n) is 14.1. The summed E-state index contributed by atoms with van der Waals surface area (Å²) in [4.78, 5) is 25.6. The molecule has 126 valence electrons. The summed E-state index contributed by atoms with van der Waals surface area (Å²) >= 11 is 6.13. The van der Waals surface area contributed by atoms with E-state index in [-0.39, 0.29) is 18.2 Å². The molecule has 0 bridgehead atoms. The van der Waals surface area contributed by atoms with E-state index in [1.54, 1.807) is 11.0 Å². The van der Waals surface area contributed by atoms with Crippen molar-refractivity contribution in [3.8, 4) is 0 Å². The van der Waals surface area contributed by atoms with Gasteiger partial charge in [0.15, 0.2) is 0 Å². The highest BCUT2D eigenvalue weighted by molar-refractivity contribution is 6.31. The van der Waals surface area contributed by atoms with Crippen molar-refractivity contribution in [2.75, 3.05) is 16.8 Å². The van der Waals surface area contributed by atoms with Crippen LogP contribution in [0.5, 0.6) is 0 Å². The first-order chi connectivity index (χ1) is 11.4. The van der Waals surface area contributed by atoms with Crippen LogP contribution in [-0.4, -0.2) is 18.4 Å². The number of nitrogens with zero attached hydrogens (tertiary/aromatic N) is 1. The number of anilines is 2. The summed E-state index contributed by atoms with van der Waals surface area (Å²) in [5.74, 6) is -0.263. The van der Waals surface area contributed by atoms with Crippen LogP contribution in [0, 0.1) is 13.8 Å². The van der Waals surface area contributed by atoms with Crippen molar-refractivity contribution in [1.29, 1.82) is 0 Å². The molecule has 0 unspecified atom stereocenters. The molecule has 4 nitrogen and oxygen atoms in total. The highest BCUT2D eigenvalue weighted by Gasteiger charge is 2.14. The van der Waals surface area contributed by atoms with E-state index in [9.17, 15) is 9.59 Å². The summed E-state index contributed by atoms with van der Waals surface area (Å²) in [5.41, 5.74) is 3.52. The number of rotatable bonds is 5. The highest BCUT2D eigenvalue weighted by Crippen LogP contribution is 2.23. The molecule has 2 amide bonds. The molecule has 0 spiro atoms. The minimum atomic E-state index is -0.136. The second-order valence-corrected chi connectivity index (χ2v) is 6.18. The van der Waals surface area contributed by atoms with E-state index in [1.807, 2.05) is 50.2 Å². The van der Waals surface area contributed by atoms with Gasteiger partial charge in [-0.3, -0.25) is 9.59 Å². The van der Waals surface area contributed by atoms with E-state index >= 15 is 0 Å². The Morgan fingerprint density at radius 1 is 1.08 bits per heavy atom. The predicted octanol–water partition coefficient (Wildman–Crippen LogP) is 4.34. The lowest BCUT2D eigenvalue weighted by Crippen LogP contribution is -2.32. The van der Waals surface area contributed by atoms with Gasteiger partial charge < -0.3 is 10.2 Å². The minimum absolute atomic E-state index is 0.127. The largest absolute Gasteiger partial charge is 0.326 e. The predicted molar refractivity (Wildman–Crippen MR) is 98.6 cm³/mol. The van der Waals surface area contributed by atoms with Gasteiger partial charge in [-0.2, -0.15) is 0 Å². The first-order valence-corrected chi connectivity index (χ1v) is 8.15. The van der Waals surface area contributed by atoms with Crippen molar-refractivity contribution in [1.82, 2.24) is 0 Å². The van der Waals surface area contributed by atoms with E-state index in [0.717, 1.165) is 16.8 Å². The monoisotopic (exact) mass is 344 g/mol. The van der Waals surface area contributed by atoms with Gasteiger partial charge in [-0.25, -0.2) is 0 Å². The van der Waals surface area contributed by atoms with Gasteiger partial charge in [0, 0.05) is 36.3 Å². The molecular weight excluding hydrogens is 324 g/mol. The topological polar surface area (TPSA) is 49.4 Å². The number of hydrogen-bond donors (Lipinski definition) is 1. The van der Waals surface area contributed by atoms with Gasteiger partial charge in [0.25, 0.3) is 0 Å².